The molecule has 3 atom stereocenters. The van der Waals surface area contributed by atoms with Gasteiger partial charge in [-0.1, -0.05) is 0 Å². The van der Waals surface area contributed by atoms with Crippen molar-refractivity contribution in [1.82, 2.24) is 5.32 Å². The Balaban J connectivity index is 1.88. The number of carboxylic acid groups (broad SMARTS) is 1. The summed E-state index contributed by atoms with van der Waals surface area (Å²) in [7, 11) is 0. The first-order valence-corrected chi connectivity index (χ1v) is 5.19. The van der Waals surface area contributed by atoms with Crippen LogP contribution in [-0.2, 0) is 9.53 Å². The summed E-state index contributed by atoms with van der Waals surface area (Å²) in [4.78, 5) is 10.8. The molecule has 1 heterocycles. The van der Waals surface area contributed by atoms with Crippen molar-refractivity contribution in [3.05, 3.63) is 0 Å². The molecule has 1 saturated carbocycles. The van der Waals surface area contributed by atoms with E-state index >= 15 is 0 Å². The van der Waals surface area contributed by atoms with Gasteiger partial charge in [0.25, 0.3) is 0 Å². The number of hydrogen-bond acceptors (Lipinski definition) is 3. The highest BCUT2D eigenvalue weighted by molar-refractivity contribution is 5.72. The predicted molar refractivity (Wildman–Crippen MR) is 51.1 cm³/mol. The number of hydrogen-bond donors (Lipinski definition) is 2. The summed E-state index contributed by atoms with van der Waals surface area (Å²) in [5, 5.41) is 12.3. The summed E-state index contributed by atoms with van der Waals surface area (Å²) < 4.78 is 5.32. The molecule has 0 aromatic carbocycles. The van der Waals surface area contributed by atoms with E-state index in [4.69, 9.17) is 9.84 Å². The highest BCUT2D eigenvalue weighted by atomic mass is 16.5. The fraction of sp³-hybridized carbons (Fsp3) is 0.900. The second-order valence-corrected chi connectivity index (χ2v) is 4.64. The number of carboxylic acids is 1. The molecule has 1 aliphatic carbocycles. The molecule has 4 heteroatoms. The average molecular weight is 199 g/mol. The highest BCUT2D eigenvalue weighted by Gasteiger charge is 2.41. The van der Waals surface area contributed by atoms with Gasteiger partial charge in [-0.3, -0.25) is 4.79 Å². The van der Waals surface area contributed by atoms with Crippen molar-refractivity contribution in [2.24, 2.45) is 5.92 Å². The molecule has 1 aliphatic heterocycles. The summed E-state index contributed by atoms with van der Waals surface area (Å²) in [6.07, 6.45) is 2.77. The van der Waals surface area contributed by atoms with Gasteiger partial charge < -0.3 is 15.2 Å². The summed E-state index contributed by atoms with van der Waals surface area (Å²) in [6, 6.07) is 0.152. The largest absolute Gasteiger partial charge is 0.481 e. The van der Waals surface area contributed by atoms with Crippen LogP contribution in [0.3, 0.4) is 0 Å². The third-order valence-electron chi connectivity index (χ3n) is 3.34. The maximum atomic E-state index is 10.8. The Kier molecular flexibility index (Phi) is 2.49. The third kappa shape index (κ3) is 1.77. The first-order chi connectivity index (χ1) is 6.61. The van der Waals surface area contributed by atoms with E-state index in [0.717, 1.165) is 25.9 Å². The van der Waals surface area contributed by atoms with Crippen LogP contribution in [0.1, 0.15) is 26.2 Å². The summed E-state index contributed by atoms with van der Waals surface area (Å²) >= 11 is 0. The average Bonchev–Trinajstić information content (AvgIpc) is 2.46. The van der Waals surface area contributed by atoms with E-state index in [0.29, 0.717) is 6.61 Å². The second kappa shape index (κ2) is 3.51. The SMILES string of the molecule is CC1(NC2CCC2C(=O)O)CCOC1. The van der Waals surface area contributed by atoms with Crippen LogP contribution >= 0.6 is 0 Å². The Morgan fingerprint density at radius 2 is 2.36 bits per heavy atom. The molecule has 2 rings (SSSR count). The minimum Gasteiger partial charge on any atom is -0.481 e. The van der Waals surface area contributed by atoms with E-state index in [1.54, 1.807) is 0 Å². The molecule has 0 aromatic rings. The minimum absolute atomic E-state index is 0.00120. The zero-order chi connectivity index (χ0) is 10.2. The summed E-state index contributed by atoms with van der Waals surface area (Å²) in [5.41, 5.74) is -0.00120. The van der Waals surface area contributed by atoms with Crippen LogP contribution in [0.5, 0.6) is 0 Å². The van der Waals surface area contributed by atoms with Gasteiger partial charge in [0, 0.05) is 18.2 Å². The Bertz CT molecular complexity index is 236. The molecule has 3 unspecified atom stereocenters. The summed E-state index contributed by atoms with van der Waals surface area (Å²) in [6.45, 7) is 3.60. The van der Waals surface area contributed by atoms with Crippen molar-refractivity contribution in [3.63, 3.8) is 0 Å². The van der Waals surface area contributed by atoms with Crippen molar-refractivity contribution in [1.29, 1.82) is 0 Å². The van der Waals surface area contributed by atoms with Gasteiger partial charge in [0.15, 0.2) is 0 Å². The molecule has 0 aromatic heterocycles. The topological polar surface area (TPSA) is 58.6 Å². The van der Waals surface area contributed by atoms with Gasteiger partial charge in [-0.25, -0.2) is 0 Å². The van der Waals surface area contributed by atoms with Crippen LogP contribution in [0, 0.1) is 5.92 Å². The van der Waals surface area contributed by atoms with Crippen LogP contribution in [0.4, 0.5) is 0 Å². The lowest BCUT2D eigenvalue weighted by molar-refractivity contribution is -0.146. The Morgan fingerprint density at radius 3 is 2.79 bits per heavy atom. The zero-order valence-corrected chi connectivity index (χ0v) is 8.45. The number of aliphatic carboxylic acids is 1. The van der Waals surface area contributed by atoms with E-state index < -0.39 is 5.97 Å². The number of nitrogens with one attached hydrogen (secondary N) is 1. The van der Waals surface area contributed by atoms with Gasteiger partial charge in [-0.05, 0) is 26.2 Å². The molecule has 4 nitrogen and oxygen atoms in total. The maximum Gasteiger partial charge on any atom is 0.308 e. The number of rotatable bonds is 3. The number of ether oxygens (including phenoxy) is 1. The molecule has 0 spiro atoms. The van der Waals surface area contributed by atoms with Gasteiger partial charge in [-0.2, -0.15) is 0 Å². The fourth-order valence-electron chi connectivity index (χ4n) is 2.20. The van der Waals surface area contributed by atoms with Gasteiger partial charge >= 0.3 is 5.97 Å². The van der Waals surface area contributed by atoms with E-state index in [9.17, 15) is 4.79 Å². The first-order valence-electron chi connectivity index (χ1n) is 5.19. The molecule has 80 valence electrons. The number of carbonyl (C=O) groups is 1. The predicted octanol–water partition coefficient (Wildman–Crippen LogP) is 0.618. The smallest absolute Gasteiger partial charge is 0.308 e. The van der Waals surface area contributed by atoms with E-state index in [1.807, 2.05) is 0 Å². The van der Waals surface area contributed by atoms with Crippen molar-refractivity contribution < 1.29 is 14.6 Å². The molecular weight excluding hydrogens is 182 g/mol. The standard InChI is InChI=1S/C10H17NO3/c1-10(4-5-14-6-10)11-8-3-2-7(8)9(12)13/h7-8,11H,2-6H2,1H3,(H,12,13). The molecule has 0 amide bonds. The normalized spacial score (nSPS) is 42.1. The van der Waals surface area contributed by atoms with Gasteiger partial charge in [0.2, 0.25) is 0 Å². The Morgan fingerprint density at radius 1 is 1.57 bits per heavy atom. The molecular formula is C10H17NO3. The highest BCUT2D eigenvalue weighted by Crippen LogP contribution is 2.31. The molecule has 0 bridgehead atoms. The van der Waals surface area contributed by atoms with Crippen molar-refractivity contribution in [2.45, 2.75) is 37.8 Å². The minimum atomic E-state index is -0.670. The van der Waals surface area contributed by atoms with Gasteiger partial charge in [-0.15, -0.1) is 0 Å². The molecule has 2 fully saturated rings. The lowest BCUT2D eigenvalue weighted by atomic mass is 9.78. The molecule has 2 aliphatic rings. The van der Waals surface area contributed by atoms with E-state index in [-0.39, 0.29) is 17.5 Å². The monoisotopic (exact) mass is 199 g/mol. The lowest BCUT2D eigenvalue weighted by Crippen LogP contribution is -2.57. The maximum absolute atomic E-state index is 10.8. The van der Waals surface area contributed by atoms with Crippen LogP contribution in [0.15, 0.2) is 0 Å². The van der Waals surface area contributed by atoms with Gasteiger partial charge in [0.1, 0.15) is 0 Å². The summed E-state index contributed by atoms with van der Waals surface area (Å²) in [5.74, 6) is -0.858. The van der Waals surface area contributed by atoms with Gasteiger partial charge in [0.05, 0.1) is 12.5 Å². The molecule has 2 N–H and O–H groups in total. The third-order valence-corrected chi connectivity index (χ3v) is 3.34. The molecule has 1 saturated heterocycles. The lowest BCUT2D eigenvalue weighted by Gasteiger charge is -2.39. The fourth-order valence-corrected chi connectivity index (χ4v) is 2.20. The molecule has 14 heavy (non-hydrogen) atoms. The first kappa shape index (κ1) is 9.93. The zero-order valence-electron chi connectivity index (χ0n) is 8.45. The second-order valence-electron chi connectivity index (χ2n) is 4.64. The Labute approximate surface area is 83.6 Å². The van der Waals surface area contributed by atoms with Crippen molar-refractivity contribution in [3.8, 4) is 0 Å². The van der Waals surface area contributed by atoms with Crippen molar-refractivity contribution >= 4 is 5.97 Å². The molecule has 0 radical (unpaired) electrons. The van der Waals surface area contributed by atoms with Crippen LogP contribution in [0.2, 0.25) is 0 Å². The van der Waals surface area contributed by atoms with Crippen LogP contribution in [0.25, 0.3) is 0 Å². The van der Waals surface area contributed by atoms with E-state index in [1.165, 1.54) is 0 Å². The van der Waals surface area contributed by atoms with E-state index in [2.05, 4.69) is 12.2 Å². The van der Waals surface area contributed by atoms with Crippen molar-refractivity contribution in [2.75, 3.05) is 13.2 Å². The van der Waals surface area contributed by atoms with Crippen LogP contribution < -0.4 is 5.32 Å². The Hall–Kier alpha value is -0.610. The quantitative estimate of drug-likeness (QED) is 0.699. The van der Waals surface area contributed by atoms with Crippen LogP contribution in [-0.4, -0.2) is 35.9 Å².